The van der Waals surface area contributed by atoms with E-state index < -0.39 is 30.2 Å². The van der Waals surface area contributed by atoms with E-state index in [1.54, 1.807) is 37.2 Å². The molecular formula is C87H152Cl3N5O16. The van der Waals surface area contributed by atoms with Crippen molar-refractivity contribution in [3.63, 3.8) is 0 Å². The van der Waals surface area contributed by atoms with E-state index in [0.29, 0.717) is 63.6 Å². The molecule has 1 aromatic carbocycles. The van der Waals surface area contributed by atoms with Crippen LogP contribution in [0.25, 0.3) is 0 Å². The van der Waals surface area contributed by atoms with Crippen molar-refractivity contribution in [2.24, 2.45) is 0 Å². The third-order valence-electron chi connectivity index (χ3n) is 14.6. The van der Waals surface area contributed by atoms with Crippen molar-refractivity contribution >= 4 is 94.0 Å². The minimum absolute atomic E-state index is 0.00257. The molecule has 0 spiro atoms. The zero-order chi connectivity index (χ0) is 86.1. The second-order valence-corrected chi connectivity index (χ2v) is 27.5. The molecule has 5 amide bonds. The minimum Gasteiger partial charge on any atom is -0.463 e. The summed E-state index contributed by atoms with van der Waals surface area (Å²) in [7, 11) is 5.10. The quantitative estimate of drug-likeness (QED) is 0.00883. The molecule has 1 aromatic rings. The van der Waals surface area contributed by atoms with Gasteiger partial charge in [-0.05, 0) is 161 Å². The van der Waals surface area contributed by atoms with Gasteiger partial charge in [-0.2, -0.15) is 0 Å². The molecule has 0 radical (unpaired) electrons. The molecule has 24 heteroatoms. The summed E-state index contributed by atoms with van der Waals surface area (Å²) in [6, 6.07) is 5.11. The molecule has 0 saturated carbocycles. The Hall–Kier alpha value is -7.01. The number of nitrogens with zero attached hydrogens (tertiary/aromatic N) is 1. The fraction of sp³-hybridized carbons (Fsp3) is 0.632. The molecule has 111 heavy (non-hydrogen) atoms. The maximum Gasteiger partial charge on any atom is 0.411 e. The van der Waals surface area contributed by atoms with E-state index in [-0.39, 0.29) is 48.0 Å². The Morgan fingerprint density at radius 2 is 0.883 bits per heavy atom. The van der Waals surface area contributed by atoms with Crippen LogP contribution in [0.5, 0.6) is 0 Å². The lowest BCUT2D eigenvalue weighted by molar-refractivity contribution is -0.145. The van der Waals surface area contributed by atoms with Crippen molar-refractivity contribution in [1.29, 1.82) is 0 Å². The number of carbonyl (C=O) groups excluding carboxylic acids is 8. The van der Waals surface area contributed by atoms with Crippen LogP contribution in [0, 0.1) is 6.92 Å². The van der Waals surface area contributed by atoms with Crippen LogP contribution in [0.15, 0.2) is 128 Å². The molecule has 0 aliphatic heterocycles. The standard InChI is InChI=1S/C25H38N2O6.C21H38O4.C13H25NO2.C10H19NO.C9H17NO2.C3H6O.C2H2Cl2.C2H3Cl.C2H4/c1-5-6-7-10-15-32-24(29)26-21-14-13-20(4)22(18-21)27-25(30)33-17-16-31-23(28)12-9-8-11-19(2)3;1-3-5-7-9-11-13-15-19-25-21(23)17-16-20(22)24-18-14-12-10-8-6-4-2;1-4-5-10-16-11-14-13(15)9-7-6-8-12(2)3;1-9(2)7-5-6-8-10(12)11(3)4;1-7(2)5-4-6-8(11)9(12)10-3;1-2-3-4;1-2(3)4;1-2-3;1-2/h13-14,18H,2,5-12,15-17H2,1,3-4H3,(H,26,29)(H,27,30);16-17H,3-15,18-19H2,1-2H3;2,4-11H2,1,3H3,(H,14,15);1,5-8H2,2-4H3;8,11H,1,4-6H2,2-3H3,(H,10,12);2,4H,1,3H2;1H2;2H,1H2;1-2H2. The van der Waals surface area contributed by atoms with Gasteiger partial charge in [-0.15, -0.1) is 46.1 Å². The Kier molecular flexibility index (Phi) is 103. The van der Waals surface area contributed by atoms with E-state index in [1.165, 1.54) is 87.6 Å². The smallest absolute Gasteiger partial charge is 0.411 e. The van der Waals surface area contributed by atoms with Crippen molar-refractivity contribution < 1.29 is 77.0 Å². The topological polar surface area (TPSA) is 284 Å². The van der Waals surface area contributed by atoms with Crippen molar-refractivity contribution in [3.05, 3.63) is 134 Å². The highest BCUT2D eigenvalue weighted by Crippen LogP contribution is 2.21. The lowest BCUT2D eigenvalue weighted by Gasteiger charge is -2.12. The summed E-state index contributed by atoms with van der Waals surface area (Å²) in [6.45, 7) is 51.3. The van der Waals surface area contributed by atoms with Gasteiger partial charge < -0.3 is 54.2 Å². The molecule has 0 heterocycles. The number of amides is 5. The molecule has 1 atom stereocenters. The normalized spacial score (nSPS) is 9.95. The highest BCUT2D eigenvalue weighted by atomic mass is 35.5. The first-order valence-electron chi connectivity index (χ1n) is 39.5. The predicted molar refractivity (Wildman–Crippen MR) is 465 cm³/mol. The number of esters is 3. The maximum atomic E-state index is 12.1. The number of benzene rings is 1. The van der Waals surface area contributed by atoms with Crippen LogP contribution >= 0.6 is 34.8 Å². The number of unbranched alkanes of at least 4 members (excludes halogenated alkanes) is 18. The molecule has 21 nitrogen and oxygen atoms in total. The van der Waals surface area contributed by atoms with Gasteiger partial charge in [-0.25, -0.2) is 19.2 Å². The minimum atomic E-state index is -0.866. The SMILES string of the molecule is C=C.C=C(C)CCCC(O)C(=O)NC.C=C(C)CCCCC(=O)N(C)C.C=C(C)CCCCC(=O)NCOCCCC.C=C(C)CCCCC(=O)OCCOC(=O)Nc1cc(NC(=O)OCCCCCC)ccc1C.C=C(Cl)Cl.C=CCO.C=CCl.CCCCCCCCCOC(=O)C=CC(=O)OCCCCCCCC. The number of nitrogens with one attached hydrogen (secondary N) is 4. The molecule has 0 aromatic heterocycles. The van der Waals surface area contributed by atoms with Gasteiger partial charge in [-0.3, -0.25) is 29.8 Å². The number of likely N-dealkylation sites (N-methyl/N-ethyl adjacent to an activating group) is 1. The third kappa shape index (κ3) is 112. The molecule has 0 saturated heterocycles. The fourth-order valence-electron chi connectivity index (χ4n) is 8.48. The van der Waals surface area contributed by atoms with Gasteiger partial charge in [0.1, 0.15) is 26.0 Å². The van der Waals surface area contributed by atoms with Crippen molar-refractivity contribution in [2.45, 2.75) is 287 Å². The summed E-state index contributed by atoms with van der Waals surface area (Å²) in [6.07, 6.45) is 35.5. The number of allylic oxidation sites excluding steroid dienone is 4. The molecule has 0 aliphatic carbocycles. The van der Waals surface area contributed by atoms with Gasteiger partial charge in [0, 0.05) is 70.5 Å². The van der Waals surface area contributed by atoms with Gasteiger partial charge in [0.05, 0.1) is 30.9 Å². The zero-order valence-electron chi connectivity index (χ0n) is 70.9. The van der Waals surface area contributed by atoms with Crippen LogP contribution in [0.1, 0.15) is 279 Å². The lowest BCUT2D eigenvalue weighted by atomic mass is 10.1. The van der Waals surface area contributed by atoms with Crippen LogP contribution in [-0.4, -0.2) is 143 Å². The fourth-order valence-corrected chi connectivity index (χ4v) is 8.48. The first-order valence-corrected chi connectivity index (χ1v) is 40.7. The number of ether oxygens (including phenoxy) is 6. The van der Waals surface area contributed by atoms with E-state index in [4.69, 9.17) is 68.3 Å². The van der Waals surface area contributed by atoms with E-state index in [2.05, 4.69) is 108 Å². The Morgan fingerprint density at radius 3 is 1.31 bits per heavy atom. The average Bonchev–Trinajstić information content (AvgIpc) is 0.861. The number of hydrogen-bond donors (Lipinski definition) is 6. The van der Waals surface area contributed by atoms with Crippen molar-refractivity contribution in [1.82, 2.24) is 15.5 Å². The summed E-state index contributed by atoms with van der Waals surface area (Å²) >= 11 is 14.5. The zero-order valence-corrected chi connectivity index (χ0v) is 73.1. The van der Waals surface area contributed by atoms with Gasteiger partial charge in [-0.1, -0.05) is 206 Å². The number of aliphatic hydroxyl groups excluding tert-OH is 2. The summed E-state index contributed by atoms with van der Waals surface area (Å²) < 4.78 is 30.8. The van der Waals surface area contributed by atoms with Crippen LogP contribution in [0.3, 0.4) is 0 Å². The molecule has 0 bridgehead atoms. The Morgan fingerprint density at radius 1 is 0.514 bits per heavy atom. The summed E-state index contributed by atoms with van der Waals surface area (Å²) in [4.78, 5) is 93.4. The van der Waals surface area contributed by atoms with Crippen molar-refractivity contribution in [2.75, 3.05) is 84.8 Å². The third-order valence-corrected chi connectivity index (χ3v) is 14.6. The van der Waals surface area contributed by atoms with Gasteiger partial charge in [0.25, 0.3) is 0 Å². The van der Waals surface area contributed by atoms with Crippen LogP contribution in [0.4, 0.5) is 21.0 Å². The molecule has 6 N–H and O–H groups in total. The lowest BCUT2D eigenvalue weighted by Crippen LogP contribution is -2.31. The number of anilines is 2. The molecule has 642 valence electrons. The van der Waals surface area contributed by atoms with Crippen LogP contribution in [0.2, 0.25) is 0 Å². The van der Waals surface area contributed by atoms with Gasteiger partial charge >= 0.3 is 30.1 Å². The largest absolute Gasteiger partial charge is 0.463 e. The monoisotopic (exact) mass is 1630 g/mol. The molecule has 0 fully saturated rings. The van der Waals surface area contributed by atoms with Crippen molar-refractivity contribution in [3.8, 4) is 0 Å². The first-order chi connectivity index (χ1) is 52.8. The number of carbonyl (C=O) groups is 8. The summed E-state index contributed by atoms with van der Waals surface area (Å²) in [5, 5.41) is 27.4. The van der Waals surface area contributed by atoms with E-state index in [0.717, 1.165) is 170 Å². The predicted octanol–water partition coefficient (Wildman–Crippen LogP) is 22.4. The molecule has 1 rings (SSSR count). The number of hydrogen-bond acceptors (Lipinski definition) is 16. The Balaban J connectivity index is -0.000000200. The van der Waals surface area contributed by atoms with E-state index >= 15 is 0 Å². The number of halogens is 3. The molecular weight excluding hydrogens is 1480 g/mol. The average molecular weight is 1630 g/mol. The van der Waals surface area contributed by atoms with Gasteiger partial charge in [0.2, 0.25) is 17.7 Å². The maximum absolute atomic E-state index is 12.1. The highest BCUT2D eigenvalue weighted by Gasteiger charge is 2.13. The van der Waals surface area contributed by atoms with E-state index in [9.17, 15) is 43.5 Å². The highest BCUT2D eigenvalue weighted by molar-refractivity contribution is 6.55. The summed E-state index contributed by atoms with van der Waals surface area (Å²) in [5.41, 5.74) is 7.57. The number of aryl methyl sites for hydroxylation is 1. The van der Waals surface area contributed by atoms with E-state index in [1.807, 2.05) is 34.6 Å². The molecule has 1 unspecified atom stereocenters. The van der Waals surface area contributed by atoms with Gasteiger partial charge in [0.15, 0.2) is 0 Å². The second-order valence-electron chi connectivity index (χ2n) is 26.1. The van der Waals surface area contributed by atoms with Crippen LogP contribution < -0.4 is 21.3 Å². The first kappa shape index (κ1) is 120. The second kappa shape index (κ2) is 95.4. The Bertz CT molecular complexity index is 2600. The Labute approximate surface area is 687 Å². The molecule has 0 aliphatic rings. The number of rotatable bonds is 53. The summed E-state index contributed by atoms with van der Waals surface area (Å²) in [5.74, 6) is -1.26. The van der Waals surface area contributed by atoms with Crippen LogP contribution in [-0.2, 0) is 57.2 Å². The number of aliphatic hydroxyl groups is 2.